The zero-order valence-corrected chi connectivity index (χ0v) is 11.8. The molecule has 0 radical (unpaired) electrons. The van der Waals surface area contributed by atoms with Gasteiger partial charge in [0.25, 0.3) is 11.2 Å². The van der Waals surface area contributed by atoms with Crippen LogP contribution < -0.4 is 5.56 Å². The highest BCUT2D eigenvalue weighted by atomic mass is 79.9. The largest absolute Gasteiger partial charge is 0.479 e. The third-order valence-corrected chi connectivity index (χ3v) is 3.59. The molecule has 2 heterocycles. The summed E-state index contributed by atoms with van der Waals surface area (Å²) in [5.41, 5.74) is -0.637. The van der Waals surface area contributed by atoms with Gasteiger partial charge in [0.1, 0.15) is 0 Å². The lowest BCUT2D eigenvalue weighted by atomic mass is 10.2. The molecule has 2 atom stereocenters. The maximum atomic E-state index is 11.9. The van der Waals surface area contributed by atoms with Crippen molar-refractivity contribution in [1.82, 2.24) is 4.57 Å². The van der Waals surface area contributed by atoms with Gasteiger partial charge >= 0.3 is 5.97 Å². The number of pyridine rings is 1. The predicted molar refractivity (Wildman–Crippen MR) is 70.6 cm³/mol. The van der Waals surface area contributed by atoms with Gasteiger partial charge in [-0.2, -0.15) is 0 Å². The molecule has 108 valence electrons. The third kappa shape index (κ3) is 3.05. The number of hydrogen-bond donors (Lipinski definition) is 1. The monoisotopic (exact) mass is 346 g/mol. The lowest BCUT2D eigenvalue weighted by Crippen LogP contribution is -2.28. The number of nitro groups is 1. The van der Waals surface area contributed by atoms with Crippen LogP contribution in [0.3, 0.4) is 0 Å². The average molecular weight is 347 g/mol. The van der Waals surface area contributed by atoms with E-state index in [1.807, 2.05) is 0 Å². The summed E-state index contributed by atoms with van der Waals surface area (Å²) in [6.45, 7) is 0.0862. The van der Waals surface area contributed by atoms with Crippen molar-refractivity contribution in [3.05, 3.63) is 37.2 Å². The van der Waals surface area contributed by atoms with Crippen molar-refractivity contribution in [2.45, 2.75) is 31.6 Å². The maximum Gasteiger partial charge on any atom is 0.332 e. The van der Waals surface area contributed by atoms with Crippen molar-refractivity contribution in [3.63, 3.8) is 0 Å². The number of hydrogen-bond acceptors (Lipinski definition) is 5. The number of nitrogens with zero attached hydrogens (tertiary/aromatic N) is 2. The van der Waals surface area contributed by atoms with Gasteiger partial charge in [-0.1, -0.05) is 0 Å². The minimum absolute atomic E-state index is 0.0829. The van der Waals surface area contributed by atoms with Crippen molar-refractivity contribution in [3.8, 4) is 0 Å². The van der Waals surface area contributed by atoms with Gasteiger partial charge in [-0.25, -0.2) is 4.79 Å². The van der Waals surface area contributed by atoms with Crippen LogP contribution in [0.4, 0.5) is 5.69 Å². The predicted octanol–water partition coefficient (Wildman–Crippen LogP) is 1.15. The van der Waals surface area contributed by atoms with E-state index in [0.717, 1.165) is 16.8 Å². The summed E-state index contributed by atoms with van der Waals surface area (Å²) in [6, 6.07) is 1.13. The summed E-state index contributed by atoms with van der Waals surface area (Å²) >= 11 is 2.98. The summed E-state index contributed by atoms with van der Waals surface area (Å²) in [5, 5.41) is 19.6. The van der Waals surface area contributed by atoms with E-state index >= 15 is 0 Å². The lowest BCUT2D eigenvalue weighted by molar-refractivity contribution is -0.385. The van der Waals surface area contributed by atoms with Gasteiger partial charge < -0.3 is 14.4 Å². The fourth-order valence-electron chi connectivity index (χ4n) is 2.06. The number of carboxylic acids is 1. The first kappa shape index (κ1) is 14.7. The number of carboxylic acid groups (broad SMARTS) is 1. The Morgan fingerprint density at radius 1 is 1.60 bits per heavy atom. The molecule has 0 aliphatic carbocycles. The van der Waals surface area contributed by atoms with Gasteiger partial charge in [0.05, 0.1) is 28.2 Å². The molecule has 1 aromatic rings. The van der Waals surface area contributed by atoms with E-state index in [9.17, 15) is 19.7 Å². The minimum Gasteiger partial charge on any atom is -0.479 e. The Morgan fingerprint density at radius 2 is 2.30 bits per heavy atom. The molecule has 0 aromatic carbocycles. The standard InChI is InChI=1S/C11H11BrN2O6/c12-8-3-6(14(18)19)4-13(10(8)15)5-7-1-2-9(20-7)11(16)17/h3-4,7,9H,1-2,5H2,(H,16,17). The van der Waals surface area contributed by atoms with Gasteiger partial charge in [-0.3, -0.25) is 14.9 Å². The zero-order valence-electron chi connectivity index (χ0n) is 10.2. The summed E-state index contributed by atoms with van der Waals surface area (Å²) in [7, 11) is 0. The van der Waals surface area contributed by atoms with Crippen molar-refractivity contribution < 1.29 is 19.6 Å². The molecule has 1 fully saturated rings. The van der Waals surface area contributed by atoms with Gasteiger partial charge in [0, 0.05) is 6.07 Å². The van der Waals surface area contributed by atoms with Crippen LogP contribution in [-0.4, -0.2) is 32.8 Å². The number of carbonyl (C=O) groups is 1. The zero-order chi connectivity index (χ0) is 14.9. The van der Waals surface area contributed by atoms with E-state index in [-0.39, 0.29) is 16.7 Å². The van der Waals surface area contributed by atoms with Crippen LogP contribution in [0.5, 0.6) is 0 Å². The Morgan fingerprint density at radius 3 is 2.85 bits per heavy atom. The highest BCUT2D eigenvalue weighted by Gasteiger charge is 2.31. The Hall–Kier alpha value is -1.74. The van der Waals surface area contributed by atoms with E-state index in [1.165, 1.54) is 0 Å². The van der Waals surface area contributed by atoms with Crippen LogP contribution >= 0.6 is 15.9 Å². The van der Waals surface area contributed by atoms with Gasteiger partial charge in [-0.15, -0.1) is 0 Å². The molecule has 1 aliphatic heterocycles. The molecule has 1 N–H and O–H groups in total. The summed E-state index contributed by atoms with van der Waals surface area (Å²) < 4.78 is 6.52. The molecule has 1 aliphatic rings. The van der Waals surface area contributed by atoms with E-state index in [2.05, 4.69) is 15.9 Å². The normalized spacial score (nSPS) is 21.9. The molecule has 0 amide bonds. The first-order chi connectivity index (χ1) is 9.38. The molecule has 0 bridgehead atoms. The smallest absolute Gasteiger partial charge is 0.332 e. The Labute approximate surface area is 121 Å². The minimum atomic E-state index is -1.04. The molecule has 9 heteroatoms. The topological polar surface area (TPSA) is 112 Å². The van der Waals surface area contributed by atoms with Crippen molar-refractivity contribution in [2.24, 2.45) is 0 Å². The van der Waals surface area contributed by atoms with E-state index in [4.69, 9.17) is 9.84 Å². The molecular formula is C11H11BrN2O6. The van der Waals surface area contributed by atoms with Gasteiger partial charge in [0.2, 0.25) is 0 Å². The summed E-state index contributed by atoms with van der Waals surface area (Å²) in [4.78, 5) is 32.8. The van der Waals surface area contributed by atoms with Crippen LogP contribution in [0.25, 0.3) is 0 Å². The molecule has 0 saturated carbocycles. The van der Waals surface area contributed by atoms with Crippen molar-refractivity contribution >= 4 is 27.6 Å². The first-order valence-electron chi connectivity index (χ1n) is 5.81. The van der Waals surface area contributed by atoms with Crippen LogP contribution in [0.1, 0.15) is 12.8 Å². The molecule has 8 nitrogen and oxygen atoms in total. The molecular weight excluding hydrogens is 336 g/mol. The molecule has 0 spiro atoms. The molecule has 2 unspecified atom stereocenters. The van der Waals surface area contributed by atoms with E-state index in [0.29, 0.717) is 12.8 Å². The van der Waals surface area contributed by atoms with Crippen LogP contribution in [-0.2, 0) is 16.1 Å². The summed E-state index contributed by atoms with van der Waals surface area (Å²) in [5.74, 6) is -1.04. The van der Waals surface area contributed by atoms with Crippen LogP contribution in [0, 0.1) is 10.1 Å². The molecule has 1 saturated heterocycles. The second kappa shape index (κ2) is 5.71. The second-order valence-corrected chi connectivity index (χ2v) is 5.28. The van der Waals surface area contributed by atoms with Gasteiger partial charge in [-0.05, 0) is 28.8 Å². The van der Waals surface area contributed by atoms with Crippen LogP contribution in [0.15, 0.2) is 21.5 Å². The number of halogens is 1. The Kier molecular flexibility index (Phi) is 4.19. The number of ether oxygens (including phenoxy) is 1. The summed E-state index contributed by atoms with van der Waals surface area (Å²) in [6.07, 6.45) is 0.666. The quantitative estimate of drug-likeness (QED) is 0.646. The van der Waals surface area contributed by atoms with Crippen molar-refractivity contribution in [2.75, 3.05) is 0 Å². The maximum absolute atomic E-state index is 11.9. The third-order valence-electron chi connectivity index (χ3n) is 3.02. The van der Waals surface area contributed by atoms with Crippen LogP contribution in [0.2, 0.25) is 0 Å². The second-order valence-electron chi connectivity index (χ2n) is 4.42. The highest BCUT2D eigenvalue weighted by Crippen LogP contribution is 2.22. The molecule has 1 aromatic heterocycles. The number of rotatable bonds is 4. The first-order valence-corrected chi connectivity index (χ1v) is 6.60. The SMILES string of the molecule is O=C(O)C1CCC(Cn2cc([N+](=O)[O-])cc(Br)c2=O)O1. The lowest BCUT2D eigenvalue weighted by Gasteiger charge is -2.13. The van der Waals surface area contributed by atoms with E-state index < -0.39 is 28.7 Å². The van der Waals surface area contributed by atoms with Crippen molar-refractivity contribution in [1.29, 1.82) is 0 Å². The fourth-order valence-corrected chi connectivity index (χ4v) is 2.52. The molecule has 20 heavy (non-hydrogen) atoms. The number of aromatic nitrogens is 1. The molecule has 2 rings (SSSR count). The fraction of sp³-hybridized carbons (Fsp3) is 0.455. The Bertz CT molecular complexity index is 613. The average Bonchev–Trinajstić information content (AvgIpc) is 2.83. The van der Waals surface area contributed by atoms with Gasteiger partial charge in [0.15, 0.2) is 6.10 Å². The Balaban J connectivity index is 2.20. The highest BCUT2D eigenvalue weighted by molar-refractivity contribution is 9.10. The number of aliphatic carboxylic acids is 1. The van der Waals surface area contributed by atoms with E-state index in [1.54, 1.807) is 0 Å².